The summed E-state index contributed by atoms with van der Waals surface area (Å²) in [7, 11) is 0. The van der Waals surface area contributed by atoms with Crippen LogP contribution in [-0.2, 0) is 0 Å². The fourth-order valence-corrected chi connectivity index (χ4v) is 7.62. The molecule has 258 valence electrons. The van der Waals surface area contributed by atoms with E-state index in [-0.39, 0.29) is 0 Å². The Morgan fingerprint density at radius 2 is 0.873 bits per heavy atom. The van der Waals surface area contributed by atoms with Crippen LogP contribution in [0, 0.1) is 0 Å². The zero-order valence-corrected chi connectivity index (χ0v) is 29.9. The largest absolute Gasteiger partial charge is 0.256 e. The highest BCUT2D eigenvalue weighted by atomic mass is 15.3. The molecule has 0 saturated heterocycles. The van der Waals surface area contributed by atoms with Gasteiger partial charge in [0, 0.05) is 39.9 Å². The van der Waals surface area contributed by atoms with Crippen LogP contribution in [0.1, 0.15) is 0 Å². The molecule has 0 unspecified atom stereocenters. The molecule has 0 fully saturated rings. The number of nitrogens with zero attached hydrogens (tertiary/aromatic N) is 4. The maximum Gasteiger partial charge on any atom is 0.101 e. The Kier molecular flexibility index (Phi) is 8.12. The molecule has 0 amide bonds. The second-order valence-corrected chi connectivity index (χ2v) is 13.7. The van der Waals surface area contributed by atoms with Gasteiger partial charge in [-0.25, -0.2) is 4.68 Å². The fraction of sp³-hybridized carbons (Fsp3) is 0. The molecular weight excluding hydrogens is 669 g/mol. The molecule has 0 radical (unpaired) electrons. The van der Waals surface area contributed by atoms with Gasteiger partial charge >= 0.3 is 0 Å². The Labute approximate surface area is 319 Å². The van der Waals surface area contributed by atoms with Gasteiger partial charge in [0.15, 0.2) is 0 Å². The molecule has 0 aliphatic rings. The van der Waals surface area contributed by atoms with Gasteiger partial charge < -0.3 is 0 Å². The fourth-order valence-electron chi connectivity index (χ4n) is 7.62. The molecule has 3 heterocycles. The Morgan fingerprint density at radius 3 is 1.47 bits per heavy atom. The van der Waals surface area contributed by atoms with E-state index in [9.17, 15) is 0 Å². The Balaban J connectivity index is 1.05. The second kappa shape index (κ2) is 13.8. The molecule has 10 aromatic rings. The topological polar surface area (TPSA) is 43.6 Å². The average Bonchev–Trinajstić information content (AvgIpc) is 3.68. The number of hydrogen-bond acceptors (Lipinski definition) is 3. The summed E-state index contributed by atoms with van der Waals surface area (Å²) in [6, 6.07) is 68.3. The van der Waals surface area contributed by atoms with Crippen LogP contribution < -0.4 is 0 Å². The lowest BCUT2D eigenvalue weighted by molar-refractivity contribution is 0.918. The first kappa shape index (κ1) is 32.2. The average molecular weight is 703 g/mol. The summed E-state index contributed by atoms with van der Waals surface area (Å²) >= 11 is 0. The molecule has 7 aromatic carbocycles. The number of fused-ring (bicyclic) bond motifs is 3. The second-order valence-electron chi connectivity index (χ2n) is 13.7. The summed E-state index contributed by atoms with van der Waals surface area (Å²) in [5.74, 6) is 0. The van der Waals surface area contributed by atoms with Gasteiger partial charge in [0.2, 0.25) is 0 Å². The van der Waals surface area contributed by atoms with Crippen LogP contribution in [0.15, 0.2) is 207 Å². The van der Waals surface area contributed by atoms with Crippen molar-refractivity contribution in [3.63, 3.8) is 0 Å². The van der Waals surface area contributed by atoms with Crippen molar-refractivity contribution in [1.29, 1.82) is 0 Å². The van der Waals surface area contributed by atoms with Gasteiger partial charge in [-0.3, -0.25) is 9.97 Å². The highest BCUT2D eigenvalue weighted by Gasteiger charge is 2.21. The van der Waals surface area contributed by atoms with Gasteiger partial charge in [-0.05, 0) is 99.4 Å². The Morgan fingerprint density at radius 1 is 0.364 bits per heavy atom. The molecule has 0 bridgehead atoms. The summed E-state index contributed by atoms with van der Waals surface area (Å²) in [6.45, 7) is 0. The van der Waals surface area contributed by atoms with Crippen LogP contribution in [0.2, 0.25) is 0 Å². The predicted molar refractivity (Wildman–Crippen MR) is 227 cm³/mol. The molecule has 0 saturated carbocycles. The molecule has 0 N–H and O–H groups in total. The van der Waals surface area contributed by atoms with E-state index in [2.05, 4.69) is 166 Å². The monoisotopic (exact) mass is 702 g/mol. The third-order valence-electron chi connectivity index (χ3n) is 10.3. The number of hydrogen-bond donors (Lipinski definition) is 0. The molecule has 0 spiro atoms. The van der Waals surface area contributed by atoms with Crippen LogP contribution in [0.3, 0.4) is 0 Å². The summed E-state index contributed by atoms with van der Waals surface area (Å²) in [6.07, 6.45) is 3.67. The number of benzene rings is 7. The molecule has 3 aromatic heterocycles. The maximum absolute atomic E-state index is 5.38. The lowest BCUT2D eigenvalue weighted by Crippen LogP contribution is -1.96. The van der Waals surface area contributed by atoms with Crippen LogP contribution in [0.5, 0.6) is 0 Å². The van der Waals surface area contributed by atoms with Crippen molar-refractivity contribution in [3.05, 3.63) is 207 Å². The van der Waals surface area contributed by atoms with Crippen molar-refractivity contribution in [1.82, 2.24) is 19.7 Å². The van der Waals surface area contributed by atoms with E-state index in [0.717, 1.165) is 72.6 Å². The molecule has 0 aliphatic carbocycles. The minimum absolute atomic E-state index is 0.934. The Bertz CT molecular complexity index is 2860. The van der Waals surface area contributed by atoms with E-state index in [1.807, 2.05) is 54.9 Å². The predicted octanol–water partition coefficient (Wildman–Crippen LogP) is 13.0. The number of para-hydroxylation sites is 1. The van der Waals surface area contributed by atoms with E-state index in [4.69, 9.17) is 5.10 Å². The first-order valence-electron chi connectivity index (χ1n) is 18.5. The van der Waals surface area contributed by atoms with E-state index in [0.29, 0.717) is 0 Å². The lowest BCUT2D eigenvalue weighted by atomic mass is 9.93. The molecule has 4 heteroatoms. The van der Waals surface area contributed by atoms with Crippen LogP contribution >= 0.6 is 0 Å². The van der Waals surface area contributed by atoms with Gasteiger partial charge in [-0.15, -0.1) is 0 Å². The van der Waals surface area contributed by atoms with Crippen molar-refractivity contribution in [2.75, 3.05) is 0 Å². The van der Waals surface area contributed by atoms with E-state index in [1.54, 1.807) is 0 Å². The summed E-state index contributed by atoms with van der Waals surface area (Å²) in [5.41, 5.74) is 15.0. The normalized spacial score (nSPS) is 11.3. The maximum atomic E-state index is 5.38. The number of aromatic nitrogens is 4. The smallest absolute Gasteiger partial charge is 0.101 e. The van der Waals surface area contributed by atoms with Crippen molar-refractivity contribution in [2.45, 2.75) is 0 Å². The van der Waals surface area contributed by atoms with Crippen molar-refractivity contribution < 1.29 is 0 Å². The molecule has 0 aliphatic heterocycles. The first-order chi connectivity index (χ1) is 27.3. The van der Waals surface area contributed by atoms with Gasteiger partial charge in [0.25, 0.3) is 0 Å². The highest BCUT2D eigenvalue weighted by molar-refractivity contribution is 6.17. The minimum atomic E-state index is 0.934. The van der Waals surface area contributed by atoms with E-state index < -0.39 is 0 Å². The minimum Gasteiger partial charge on any atom is -0.256 e. The summed E-state index contributed by atoms with van der Waals surface area (Å²) in [4.78, 5) is 9.28. The zero-order valence-electron chi connectivity index (χ0n) is 29.9. The molecular formula is C51H34N4. The highest BCUT2D eigenvalue weighted by Crippen LogP contribution is 2.42. The lowest BCUT2D eigenvalue weighted by Gasteiger charge is -2.11. The molecule has 10 rings (SSSR count). The summed E-state index contributed by atoms with van der Waals surface area (Å²) in [5, 5.41) is 8.88. The molecule has 0 atom stereocenters. The van der Waals surface area contributed by atoms with E-state index in [1.165, 1.54) is 21.9 Å². The van der Waals surface area contributed by atoms with Crippen LogP contribution in [0.25, 0.3) is 94.5 Å². The molecule has 55 heavy (non-hydrogen) atoms. The van der Waals surface area contributed by atoms with Crippen molar-refractivity contribution >= 4 is 21.7 Å². The van der Waals surface area contributed by atoms with Crippen LogP contribution in [-0.4, -0.2) is 19.7 Å². The third-order valence-corrected chi connectivity index (χ3v) is 10.3. The third kappa shape index (κ3) is 6.06. The quantitative estimate of drug-likeness (QED) is 0.166. The van der Waals surface area contributed by atoms with E-state index >= 15 is 0 Å². The van der Waals surface area contributed by atoms with Gasteiger partial charge in [0.05, 0.1) is 22.6 Å². The van der Waals surface area contributed by atoms with Gasteiger partial charge in [0.1, 0.15) is 5.69 Å². The van der Waals surface area contributed by atoms with Crippen molar-refractivity contribution in [3.8, 4) is 72.8 Å². The van der Waals surface area contributed by atoms with Gasteiger partial charge in [-0.1, -0.05) is 133 Å². The molecule has 4 nitrogen and oxygen atoms in total. The number of pyridine rings is 2. The first-order valence-corrected chi connectivity index (χ1v) is 18.5. The van der Waals surface area contributed by atoms with Crippen LogP contribution in [0.4, 0.5) is 0 Å². The Hall–Kier alpha value is -7.43. The standard InChI is InChI=1S/C51H34N4/c1-3-13-38(14-4-1)46-34-40-15-7-8-18-45(40)51-49(46)50(54-55(51)44-16-5-2-6-17-44)39-27-25-36(26-28-39)35-21-23-37(24-22-35)41-31-42(47-19-9-11-29-52-47)33-43(32-41)48-20-10-12-30-53-48/h1-34H. The SMILES string of the molecule is c1ccc(-c2cc3ccccc3c3c2c(-c2ccc(-c4ccc(-c5cc(-c6ccccn6)cc(-c6ccccn6)c5)cc4)cc2)nn3-c2ccccc2)cc1. The number of rotatable bonds is 7. The zero-order chi connectivity index (χ0) is 36.6. The van der Waals surface area contributed by atoms with Gasteiger partial charge in [-0.2, -0.15) is 5.10 Å². The summed E-state index contributed by atoms with van der Waals surface area (Å²) < 4.78 is 2.12. The van der Waals surface area contributed by atoms with Crippen molar-refractivity contribution in [2.24, 2.45) is 0 Å².